The van der Waals surface area contributed by atoms with Gasteiger partial charge in [-0.3, -0.25) is 20.2 Å². The van der Waals surface area contributed by atoms with Crippen molar-refractivity contribution in [2.45, 2.75) is 44.7 Å². The average molecular weight is 279 g/mol. The van der Waals surface area contributed by atoms with Crippen molar-refractivity contribution in [1.29, 1.82) is 0 Å². The van der Waals surface area contributed by atoms with Gasteiger partial charge in [0.05, 0.1) is 15.4 Å². The van der Waals surface area contributed by atoms with Crippen LogP contribution in [0.3, 0.4) is 0 Å². The van der Waals surface area contributed by atoms with Crippen LogP contribution < -0.4 is 5.32 Å². The van der Waals surface area contributed by atoms with Crippen LogP contribution >= 0.6 is 0 Å². The SMILES string of the molecule is O=[N+]([O-])c1ccc([N+](=O)[O-])c(CNC2CCCCC2)c1. The fourth-order valence-corrected chi connectivity index (χ4v) is 2.57. The van der Waals surface area contributed by atoms with Gasteiger partial charge >= 0.3 is 0 Å². The molecule has 1 saturated carbocycles. The molecule has 108 valence electrons. The number of benzene rings is 1. The van der Waals surface area contributed by atoms with Gasteiger partial charge in [0, 0.05) is 30.8 Å². The lowest BCUT2D eigenvalue weighted by molar-refractivity contribution is -0.389. The number of hydrogen-bond acceptors (Lipinski definition) is 5. The van der Waals surface area contributed by atoms with E-state index in [2.05, 4.69) is 5.32 Å². The summed E-state index contributed by atoms with van der Waals surface area (Å²) in [4.78, 5) is 20.7. The number of nitrogens with zero attached hydrogens (tertiary/aromatic N) is 2. The number of nitrogens with one attached hydrogen (secondary N) is 1. The van der Waals surface area contributed by atoms with Gasteiger partial charge in [-0.25, -0.2) is 0 Å². The van der Waals surface area contributed by atoms with Crippen LogP contribution in [0.4, 0.5) is 11.4 Å². The molecule has 1 fully saturated rings. The molecule has 0 saturated heterocycles. The molecule has 0 amide bonds. The highest BCUT2D eigenvalue weighted by atomic mass is 16.6. The maximum Gasteiger partial charge on any atom is 0.274 e. The van der Waals surface area contributed by atoms with Crippen LogP contribution in [0.5, 0.6) is 0 Å². The summed E-state index contributed by atoms with van der Waals surface area (Å²) in [6.45, 7) is 0.294. The van der Waals surface area contributed by atoms with Crippen LogP contribution in [0.25, 0.3) is 0 Å². The molecule has 0 aromatic heterocycles. The van der Waals surface area contributed by atoms with E-state index < -0.39 is 9.85 Å². The summed E-state index contributed by atoms with van der Waals surface area (Å²) in [6, 6.07) is 4.01. The average Bonchev–Trinajstić information content (AvgIpc) is 2.45. The summed E-state index contributed by atoms with van der Waals surface area (Å²) >= 11 is 0. The molecule has 1 aliphatic carbocycles. The van der Waals surface area contributed by atoms with Gasteiger partial charge in [0.2, 0.25) is 0 Å². The third-order valence-corrected chi connectivity index (χ3v) is 3.66. The second-order valence-corrected chi connectivity index (χ2v) is 5.04. The zero-order valence-corrected chi connectivity index (χ0v) is 11.1. The van der Waals surface area contributed by atoms with Crippen LogP contribution in [-0.2, 0) is 6.54 Å². The number of non-ortho nitro benzene ring substituents is 1. The Morgan fingerprint density at radius 1 is 1.10 bits per heavy atom. The van der Waals surface area contributed by atoms with Gasteiger partial charge in [0.25, 0.3) is 11.4 Å². The lowest BCUT2D eigenvalue weighted by Crippen LogP contribution is -2.30. The van der Waals surface area contributed by atoms with Crippen molar-refractivity contribution >= 4 is 11.4 Å². The lowest BCUT2D eigenvalue weighted by Gasteiger charge is -2.22. The molecule has 7 nitrogen and oxygen atoms in total. The van der Waals surface area contributed by atoms with Gasteiger partial charge < -0.3 is 5.32 Å². The van der Waals surface area contributed by atoms with E-state index in [1.807, 2.05) is 0 Å². The van der Waals surface area contributed by atoms with E-state index in [1.54, 1.807) is 0 Å². The van der Waals surface area contributed by atoms with E-state index in [4.69, 9.17) is 0 Å². The number of hydrogen-bond donors (Lipinski definition) is 1. The molecule has 0 heterocycles. The summed E-state index contributed by atoms with van der Waals surface area (Å²) in [7, 11) is 0. The van der Waals surface area contributed by atoms with Gasteiger partial charge in [-0.1, -0.05) is 19.3 Å². The minimum absolute atomic E-state index is 0.0705. The van der Waals surface area contributed by atoms with Gasteiger partial charge in [-0.15, -0.1) is 0 Å². The standard InChI is InChI=1S/C13H17N3O4/c17-15(18)12-6-7-13(16(19)20)10(8-12)9-14-11-4-2-1-3-5-11/h6-8,11,14H,1-5,9H2. The molecule has 0 bridgehead atoms. The molecule has 0 spiro atoms. The van der Waals surface area contributed by atoms with E-state index in [1.165, 1.54) is 24.6 Å². The van der Waals surface area contributed by atoms with Crippen LogP contribution in [0.2, 0.25) is 0 Å². The first-order valence-electron chi connectivity index (χ1n) is 6.73. The number of nitro groups is 2. The minimum Gasteiger partial charge on any atom is -0.310 e. The normalized spacial score (nSPS) is 16.0. The largest absolute Gasteiger partial charge is 0.310 e. The monoisotopic (exact) mass is 279 g/mol. The van der Waals surface area contributed by atoms with Crippen LogP contribution in [0.1, 0.15) is 37.7 Å². The van der Waals surface area contributed by atoms with Crippen LogP contribution in [0, 0.1) is 20.2 Å². The molecule has 1 aliphatic rings. The van der Waals surface area contributed by atoms with E-state index in [0.717, 1.165) is 25.7 Å². The van der Waals surface area contributed by atoms with Crippen LogP contribution in [-0.4, -0.2) is 15.9 Å². The fraction of sp³-hybridized carbons (Fsp3) is 0.538. The Kier molecular flexibility index (Phi) is 4.62. The highest BCUT2D eigenvalue weighted by Gasteiger charge is 2.20. The summed E-state index contributed by atoms with van der Waals surface area (Å²) in [5, 5.41) is 25.0. The minimum atomic E-state index is -0.534. The molecule has 1 N–H and O–H groups in total. The van der Waals surface area contributed by atoms with E-state index in [9.17, 15) is 20.2 Å². The van der Waals surface area contributed by atoms with E-state index >= 15 is 0 Å². The maximum atomic E-state index is 11.0. The third kappa shape index (κ3) is 3.51. The number of nitro benzene ring substituents is 2. The molecule has 20 heavy (non-hydrogen) atoms. The number of rotatable bonds is 5. The Morgan fingerprint density at radius 2 is 1.80 bits per heavy atom. The van der Waals surface area contributed by atoms with Crippen molar-refractivity contribution in [2.75, 3.05) is 0 Å². The van der Waals surface area contributed by atoms with E-state index in [-0.39, 0.29) is 11.4 Å². The fourth-order valence-electron chi connectivity index (χ4n) is 2.57. The van der Waals surface area contributed by atoms with Crippen molar-refractivity contribution in [2.24, 2.45) is 0 Å². The topological polar surface area (TPSA) is 98.3 Å². The summed E-state index contributed by atoms with van der Waals surface area (Å²) in [6.07, 6.45) is 5.67. The molecular weight excluding hydrogens is 262 g/mol. The molecule has 0 unspecified atom stereocenters. The van der Waals surface area contributed by atoms with Crippen molar-refractivity contribution in [1.82, 2.24) is 5.32 Å². The molecule has 2 rings (SSSR count). The zero-order chi connectivity index (χ0) is 14.5. The molecule has 0 atom stereocenters. The zero-order valence-electron chi connectivity index (χ0n) is 11.1. The molecule has 1 aromatic rings. The Bertz CT molecular complexity index is 512. The van der Waals surface area contributed by atoms with Crippen molar-refractivity contribution in [3.63, 3.8) is 0 Å². The third-order valence-electron chi connectivity index (χ3n) is 3.66. The summed E-state index contributed by atoms with van der Waals surface area (Å²) in [5.41, 5.74) is 0.185. The Hall–Kier alpha value is -2.02. The first-order valence-corrected chi connectivity index (χ1v) is 6.73. The first kappa shape index (κ1) is 14.4. The van der Waals surface area contributed by atoms with Crippen molar-refractivity contribution in [3.05, 3.63) is 44.0 Å². The maximum absolute atomic E-state index is 11.0. The first-order chi connectivity index (χ1) is 9.58. The predicted octanol–water partition coefficient (Wildman–Crippen LogP) is 2.93. The molecular formula is C13H17N3O4. The molecule has 0 radical (unpaired) electrons. The Balaban J connectivity index is 2.12. The molecule has 0 aliphatic heterocycles. The highest BCUT2D eigenvalue weighted by Crippen LogP contribution is 2.25. The predicted molar refractivity (Wildman–Crippen MR) is 73.5 cm³/mol. The smallest absolute Gasteiger partial charge is 0.274 e. The van der Waals surface area contributed by atoms with Crippen LogP contribution in [0.15, 0.2) is 18.2 Å². The van der Waals surface area contributed by atoms with Crippen molar-refractivity contribution < 1.29 is 9.85 Å². The Labute approximate surface area is 116 Å². The Morgan fingerprint density at radius 3 is 2.40 bits per heavy atom. The summed E-state index contributed by atoms with van der Waals surface area (Å²) in [5.74, 6) is 0. The quantitative estimate of drug-likeness (QED) is 0.660. The van der Waals surface area contributed by atoms with Gasteiger partial charge in [-0.2, -0.15) is 0 Å². The van der Waals surface area contributed by atoms with Gasteiger partial charge in [0.15, 0.2) is 0 Å². The summed E-state index contributed by atoms with van der Waals surface area (Å²) < 4.78 is 0. The highest BCUT2D eigenvalue weighted by molar-refractivity contribution is 5.48. The second kappa shape index (κ2) is 6.42. The molecule has 1 aromatic carbocycles. The van der Waals surface area contributed by atoms with E-state index in [0.29, 0.717) is 18.2 Å². The second-order valence-electron chi connectivity index (χ2n) is 5.04. The van der Waals surface area contributed by atoms with Gasteiger partial charge in [0.1, 0.15) is 0 Å². The molecule has 7 heteroatoms. The van der Waals surface area contributed by atoms with Crippen molar-refractivity contribution in [3.8, 4) is 0 Å². The lowest BCUT2D eigenvalue weighted by atomic mass is 9.95. The van der Waals surface area contributed by atoms with Gasteiger partial charge in [-0.05, 0) is 12.8 Å².